The molecule has 2 heteroatoms. The van der Waals surface area contributed by atoms with E-state index in [0.717, 1.165) is 6.42 Å². The molecular weight excluding hydrogens is 222 g/mol. The Morgan fingerprint density at radius 1 is 1.17 bits per heavy atom. The van der Waals surface area contributed by atoms with E-state index in [1.54, 1.807) is 0 Å². The summed E-state index contributed by atoms with van der Waals surface area (Å²) in [5.41, 5.74) is 2.62. The van der Waals surface area contributed by atoms with Crippen molar-refractivity contribution in [2.75, 3.05) is 13.7 Å². The van der Waals surface area contributed by atoms with Gasteiger partial charge in [0.15, 0.2) is 0 Å². The molecule has 0 radical (unpaired) electrons. The topological polar surface area (TPSA) is 21.3 Å². The van der Waals surface area contributed by atoms with Crippen molar-refractivity contribution in [1.82, 2.24) is 5.32 Å². The Hall–Kier alpha value is -0.860. The largest absolute Gasteiger partial charge is 0.374 e. The predicted octanol–water partition coefficient (Wildman–Crippen LogP) is 3.71. The van der Waals surface area contributed by atoms with Gasteiger partial charge >= 0.3 is 0 Å². The van der Waals surface area contributed by atoms with Crippen LogP contribution in [0.3, 0.4) is 0 Å². The van der Waals surface area contributed by atoms with Crippen molar-refractivity contribution >= 4 is 0 Å². The smallest absolute Gasteiger partial charge is 0.0668 e. The van der Waals surface area contributed by atoms with Gasteiger partial charge in [-0.15, -0.1) is 0 Å². The van der Waals surface area contributed by atoms with Crippen LogP contribution in [0.25, 0.3) is 0 Å². The molecule has 0 fully saturated rings. The Labute approximate surface area is 112 Å². The molecule has 1 atom stereocenters. The van der Waals surface area contributed by atoms with Crippen LogP contribution in [-0.4, -0.2) is 19.3 Å². The first-order valence-electron chi connectivity index (χ1n) is 6.86. The fourth-order valence-corrected chi connectivity index (χ4v) is 1.88. The van der Waals surface area contributed by atoms with E-state index in [0.29, 0.717) is 6.61 Å². The molecule has 0 aliphatic carbocycles. The van der Waals surface area contributed by atoms with Crippen molar-refractivity contribution in [1.29, 1.82) is 0 Å². The maximum atomic E-state index is 5.85. The highest BCUT2D eigenvalue weighted by molar-refractivity contribution is 5.25. The Morgan fingerprint density at radius 2 is 1.78 bits per heavy atom. The molecule has 0 aromatic heterocycles. The van der Waals surface area contributed by atoms with Gasteiger partial charge in [0.25, 0.3) is 0 Å². The average Bonchev–Trinajstić information content (AvgIpc) is 2.31. The van der Waals surface area contributed by atoms with Gasteiger partial charge < -0.3 is 10.1 Å². The number of benzene rings is 1. The number of rotatable bonds is 6. The second-order valence-corrected chi connectivity index (χ2v) is 5.76. The zero-order valence-corrected chi connectivity index (χ0v) is 12.4. The van der Waals surface area contributed by atoms with Crippen molar-refractivity contribution in [2.45, 2.75) is 52.2 Å². The first-order chi connectivity index (χ1) is 8.46. The number of hydrogen-bond donors (Lipinski definition) is 1. The van der Waals surface area contributed by atoms with Crippen LogP contribution in [0.2, 0.25) is 0 Å². The molecule has 18 heavy (non-hydrogen) atoms. The quantitative estimate of drug-likeness (QED) is 0.829. The maximum absolute atomic E-state index is 5.85. The molecule has 0 saturated heterocycles. The van der Waals surface area contributed by atoms with Gasteiger partial charge in [0.1, 0.15) is 0 Å². The van der Waals surface area contributed by atoms with E-state index in [-0.39, 0.29) is 11.6 Å². The first kappa shape index (κ1) is 15.2. The molecule has 1 unspecified atom stereocenters. The molecule has 1 aromatic rings. The Bertz CT molecular complexity index is 337. The molecule has 1 aromatic carbocycles. The van der Waals surface area contributed by atoms with Crippen molar-refractivity contribution in [3.63, 3.8) is 0 Å². The lowest BCUT2D eigenvalue weighted by Gasteiger charge is -2.24. The number of ether oxygens (including phenoxy) is 1. The SMILES string of the molecule is CCCc1ccc(C(COC(C)(C)C)NC)cc1. The van der Waals surface area contributed by atoms with E-state index >= 15 is 0 Å². The standard InChI is InChI=1S/C16H27NO/c1-6-7-13-8-10-14(11-9-13)15(17-5)12-18-16(2,3)4/h8-11,15,17H,6-7,12H2,1-5H3. The third kappa shape index (κ3) is 5.19. The number of hydrogen-bond acceptors (Lipinski definition) is 2. The van der Waals surface area contributed by atoms with E-state index < -0.39 is 0 Å². The molecule has 1 rings (SSSR count). The van der Waals surface area contributed by atoms with E-state index in [1.165, 1.54) is 17.5 Å². The van der Waals surface area contributed by atoms with Crippen LogP contribution < -0.4 is 5.32 Å². The minimum absolute atomic E-state index is 0.0861. The lowest BCUT2D eigenvalue weighted by Crippen LogP contribution is -2.28. The summed E-state index contributed by atoms with van der Waals surface area (Å²) in [5.74, 6) is 0. The van der Waals surface area contributed by atoms with E-state index in [1.807, 2.05) is 7.05 Å². The van der Waals surface area contributed by atoms with Crippen LogP contribution >= 0.6 is 0 Å². The molecule has 0 bridgehead atoms. The predicted molar refractivity (Wildman–Crippen MR) is 77.9 cm³/mol. The molecule has 0 heterocycles. The van der Waals surface area contributed by atoms with Crippen LogP contribution in [0, 0.1) is 0 Å². The van der Waals surface area contributed by atoms with Crippen LogP contribution in [0.4, 0.5) is 0 Å². The van der Waals surface area contributed by atoms with Crippen molar-refractivity contribution in [3.8, 4) is 0 Å². The third-order valence-electron chi connectivity index (χ3n) is 2.95. The van der Waals surface area contributed by atoms with Crippen LogP contribution in [0.1, 0.15) is 51.3 Å². The summed E-state index contributed by atoms with van der Waals surface area (Å²) in [6.07, 6.45) is 2.35. The Balaban J connectivity index is 2.64. The average molecular weight is 249 g/mol. The first-order valence-corrected chi connectivity index (χ1v) is 6.86. The lowest BCUT2D eigenvalue weighted by atomic mass is 10.0. The highest BCUT2D eigenvalue weighted by Gasteiger charge is 2.15. The summed E-state index contributed by atoms with van der Waals surface area (Å²) in [7, 11) is 1.98. The Kier molecular flexibility index (Phi) is 5.83. The number of likely N-dealkylation sites (N-methyl/N-ethyl adjacent to an activating group) is 1. The molecule has 1 N–H and O–H groups in total. The molecule has 0 saturated carbocycles. The molecule has 0 amide bonds. The van der Waals surface area contributed by atoms with Gasteiger partial charge in [0.05, 0.1) is 18.2 Å². The Morgan fingerprint density at radius 3 is 2.22 bits per heavy atom. The van der Waals surface area contributed by atoms with Gasteiger partial charge in [-0.1, -0.05) is 37.6 Å². The number of nitrogens with one attached hydrogen (secondary N) is 1. The van der Waals surface area contributed by atoms with Gasteiger partial charge in [-0.2, -0.15) is 0 Å². The van der Waals surface area contributed by atoms with Crippen molar-refractivity contribution in [3.05, 3.63) is 35.4 Å². The van der Waals surface area contributed by atoms with Crippen molar-refractivity contribution < 1.29 is 4.74 Å². The highest BCUT2D eigenvalue weighted by Crippen LogP contribution is 2.18. The van der Waals surface area contributed by atoms with Crippen molar-refractivity contribution in [2.24, 2.45) is 0 Å². The summed E-state index contributed by atoms with van der Waals surface area (Å²) in [5, 5.41) is 3.32. The summed E-state index contributed by atoms with van der Waals surface area (Å²) < 4.78 is 5.85. The molecular formula is C16H27NO. The van der Waals surface area contributed by atoms with Gasteiger partial charge in [-0.25, -0.2) is 0 Å². The molecule has 102 valence electrons. The second kappa shape index (κ2) is 6.91. The molecule has 0 aliphatic heterocycles. The molecule has 0 spiro atoms. The number of aryl methyl sites for hydroxylation is 1. The van der Waals surface area contributed by atoms with E-state index in [4.69, 9.17) is 4.74 Å². The molecule has 0 aliphatic rings. The summed E-state index contributed by atoms with van der Waals surface area (Å²) in [6, 6.07) is 9.12. The van der Waals surface area contributed by atoms with Crippen LogP contribution in [0.5, 0.6) is 0 Å². The van der Waals surface area contributed by atoms with Crippen LogP contribution in [0.15, 0.2) is 24.3 Å². The fourth-order valence-electron chi connectivity index (χ4n) is 1.88. The zero-order chi connectivity index (χ0) is 13.6. The zero-order valence-electron chi connectivity index (χ0n) is 12.4. The van der Waals surface area contributed by atoms with Gasteiger partial charge in [-0.3, -0.25) is 0 Å². The van der Waals surface area contributed by atoms with Gasteiger partial charge in [0.2, 0.25) is 0 Å². The lowest BCUT2D eigenvalue weighted by molar-refractivity contribution is -0.0139. The highest BCUT2D eigenvalue weighted by atomic mass is 16.5. The molecule has 2 nitrogen and oxygen atoms in total. The normalized spacial score (nSPS) is 13.6. The third-order valence-corrected chi connectivity index (χ3v) is 2.95. The van der Waals surface area contributed by atoms with Gasteiger partial charge in [-0.05, 0) is 45.4 Å². The minimum atomic E-state index is -0.0861. The summed E-state index contributed by atoms with van der Waals surface area (Å²) in [4.78, 5) is 0. The minimum Gasteiger partial charge on any atom is -0.374 e. The van der Waals surface area contributed by atoms with Crippen LogP contribution in [-0.2, 0) is 11.2 Å². The van der Waals surface area contributed by atoms with E-state index in [9.17, 15) is 0 Å². The second-order valence-electron chi connectivity index (χ2n) is 5.76. The monoisotopic (exact) mass is 249 g/mol. The summed E-state index contributed by atoms with van der Waals surface area (Å²) >= 11 is 0. The fraction of sp³-hybridized carbons (Fsp3) is 0.625. The maximum Gasteiger partial charge on any atom is 0.0668 e. The summed E-state index contributed by atoms with van der Waals surface area (Å²) in [6.45, 7) is 9.17. The van der Waals surface area contributed by atoms with Gasteiger partial charge in [0, 0.05) is 0 Å². The van der Waals surface area contributed by atoms with E-state index in [2.05, 4.69) is 57.3 Å².